The number of aromatic carboxylic acids is 1. The van der Waals surface area contributed by atoms with Crippen molar-refractivity contribution in [3.05, 3.63) is 29.8 Å². The van der Waals surface area contributed by atoms with Crippen LogP contribution in [0, 0.1) is 5.92 Å². The van der Waals surface area contributed by atoms with E-state index >= 15 is 0 Å². The van der Waals surface area contributed by atoms with Gasteiger partial charge in [0.1, 0.15) is 0 Å². The minimum atomic E-state index is -1.01. The maximum Gasteiger partial charge on any atom is 0.335 e. The highest BCUT2D eigenvalue weighted by Crippen LogP contribution is 2.33. The quantitative estimate of drug-likeness (QED) is 0.765. The molecule has 0 heterocycles. The number of carbonyl (C=O) groups is 2. The molecule has 0 aliphatic heterocycles. The van der Waals surface area contributed by atoms with E-state index in [2.05, 4.69) is 17.6 Å². The van der Waals surface area contributed by atoms with Crippen LogP contribution >= 0.6 is 0 Å². The molecule has 1 saturated carbocycles. The Kier molecular flexibility index (Phi) is 3.50. The number of hydrogen-bond acceptors (Lipinski definition) is 2. The monoisotopic (exact) mass is 248 g/mol. The predicted octanol–water partition coefficient (Wildman–Crippen LogP) is 2.30. The molecule has 5 heteroatoms. The van der Waals surface area contributed by atoms with E-state index in [9.17, 15) is 9.59 Å². The number of urea groups is 1. The fourth-order valence-corrected chi connectivity index (χ4v) is 1.94. The Morgan fingerprint density at radius 2 is 2.22 bits per heavy atom. The Labute approximate surface area is 105 Å². The van der Waals surface area contributed by atoms with Crippen molar-refractivity contribution in [3.8, 4) is 0 Å². The Morgan fingerprint density at radius 1 is 1.44 bits per heavy atom. The second kappa shape index (κ2) is 5.08. The number of amides is 2. The zero-order valence-electron chi connectivity index (χ0n) is 10.1. The molecule has 1 aliphatic carbocycles. The fourth-order valence-electron chi connectivity index (χ4n) is 1.94. The Hall–Kier alpha value is -2.04. The van der Waals surface area contributed by atoms with E-state index < -0.39 is 5.97 Å². The van der Waals surface area contributed by atoms with Gasteiger partial charge in [0.2, 0.25) is 0 Å². The lowest BCUT2D eigenvalue weighted by molar-refractivity contribution is 0.0697. The van der Waals surface area contributed by atoms with E-state index in [0.29, 0.717) is 11.6 Å². The van der Waals surface area contributed by atoms with Gasteiger partial charge in [-0.1, -0.05) is 19.4 Å². The highest BCUT2D eigenvalue weighted by molar-refractivity contribution is 5.93. The minimum Gasteiger partial charge on any atom is -0.478 e. The van der Waals surface area contributed by atoms with Gasteiger partial charge in [-0.15, -0.1) is 0 Å². The van der Waals surface area contributed by atoms with Gasteiger partial charge in [0.05, 0.1) is 5.56 Å². The molecule has 2 unspecified atom stereocenters. The molecule has 96 valence electrons. The van der Waals surface area contributed by atoms with E-state index in [0.717, 1.165) is 12.8 Å². The molecule has 2 rings (SSSR count). The summed E-state index contributed by atoms with van der Waals surface area (Å²) >= 11 is 0. The zero-order valence-corrected chi connectivity index (χ0v) is 10.1. The van der Waals surface area contributed by atoms with Crippen LogP contribution in [0.25, 0.3) is 0 Å². The van der Waals surface area contributed by atoms with Gasteiger partial charge in [0.25, 0.3) is 0 Å². The summed E-state index contributed by atoms with van der Waals surface area (Å²) in [7, 11) is 0. The number of carboxylic acids is 1. The maximum absolute atomic E-state index is 11.6. The molecular weight excluding hydrogens is 232 g/mol. The lowest BCUT2D eigenvalue weighted by atomic mass is 10.2. The fraction of sp³-hybridized carbons (Fsp3) is 0.385. The van der Waals surface area contributed by atoms with Gasteiger partial charge < -0.3 is 15.7 Å². The van der Waals surface area contributed by atoms with Gasteiger partial charge in [0.15, 0.2) is 0 Å². The number of carboxylic acid groups (broad SMARTS) is 1. The highest BCUT2D eigenvalue weighted by Gasteiger charge is 2.36. The molecule has 0 saturated heterocycles. The molecule has 0 radical (unpaired) electrons. The number of rotatable bonds is 4. The third-order valence-electron chi connectivity index (χ3n) is 3.13. The van der Waals surface area contributed by atoms with Gasteiger partial charge in [-0.2, -0.15) is 0 Å². The summed E-state index contributed by atoms with van der Waals surface area (Å²) in [4.78, 5) is 22.4. The zero-order chi connectivity index (χ0) is 13.1. The topological polar surface area (TPSA) is 78.4 Å². The SMILES string of the molecule is CCC1CC1NC(=O)Nc1cccc(C(=O)O)c1. The first kappa shape index (κ1) is 12.4. The van der Waals surface area contributed by atoms with Crippen LogP contribution in [0.5, 0.6) is 0 Å². The molecule has 2 amide bonds. The van der Waals surface area contributed by atoms with Gasteiger partial charge in [-0.25, -0.2) is 9.59 Å². The first-order chi connectivity index (χ1) is 8.60. The molecule has 1 aromatic carbocycles. The average Bonchev–Trinajstić information content (AvgIpc) is 3.07. The molecule has 0 bridgehead atoms. The van der Waals surface area contributed by atoms with Crippen molar-refractivity contribution in [1.29, 1.82) is 0 Å². The lowest BCUT2D eigenvalue weighted by Crippen LogP contribution is -2.31. The standard InChI is InChI=1S/C13H16N2O3/c1-2-8-7-11(8)15-13(18)14-10-5-3-4-9(6-10)12(16)17/h3-6,8,11H,2,7H2,1H3,(H,16,17)(H2,14,15,18). The van der Waals surface area contributed by atoms with Crippen LogP contribution in [-0.2, 0) is 0 Å². The van der Waals surface area contributed by atoms with Gasteiger partial charge in [-0.3, -0.25) is 0 Å². The van der Waals surface area contributed by atoms with Crippen molar-refractivity contribution in [2.75, 3.05) is 5.32 Å². The lowest BCUT2D eigenvalue weighted by Gasteiger charge is -2.07. The van der Waals surface area contributed by atoms with E-state index in [1.807, 2.05) is 0 Å². The van der Waals surface area contributed by atoms with Crippen LogP contribution in [0.4, 0.5) is 10.5 Å². The molecule has 18 heavy (non-hydrogen) atoms. The van der Waals surface area contributed by atoms with Crippen molar-refractivity contribution in [2.45, 2.75) is 25.8 Å². The summed E-state index contributed by atoms with van der Waals surface area (Å²) in [5.74, 6) is -0.423. The highest BCUT2D eigenvalue weighted by atomic mass is 16.4. The Balaban J connectivity index is 1.91. The molecule has 1 fully saturated rings. The smallest absolute Gasteiger partial charge is 0.335 e. The maximum atomic E-state index is 11.6. The average molecular weight is 248 g/mol. The van der Waals surface area contributed by atoms with Crippen molar-refractivity contribution in [2.24, 2.45) is 5.92 Å². The third kappa shape index (κ3) is 3.00. The second-order valence-electron chi connectivity index (χ2n) is 4.49. The summed E-state index contributed by atoms with van der Waals surface area (Å²) in [6, 6.07) is 6.17. The first-order valence-electron chi connectivity index (χ1n) is 6.01. The van der Waals surface area contributed by atoms with Crippen LogP contribution < -0.4 is 10.6 Å². The first-order valence-corrected chi connectivity index (χ1v) is 6.01. The molecule has 0 aromatic heterocycles. The van der Waals surface area contributed by atoms with E-state index in [4.69, 9.17) is 5.11 Å². The molecule has 1 aromatic rings. The number of hydrogen-bond donors (Lipinski definition) is 3. The van der Waals surface area contributed by atoms with Gasteiger partial charge in [0, 0.05) is 11.7 Å². The largest absolute Gasteiger partial charge is 0.478 e. The molecular formula is C13H16N2O3. The van der Waals surface area contributed by atoms with Crippen LogP contribution in [0.2, 0.25) is 0 Å². The number of benzene rings is 1. The molecule has 0 spiro atoms. The number of carbonyl (C=O) groups excluding carboxylic acids is 1. The van der Waals surface area contributed by atoms with Gasteiger partial charge in [-0.05, 0) is 30.5 Å². The van der Waals surface area contributed by atoms with Crippen LogP contribution in [0.3, 0.4) is 0 Å². The summed E-state index contributed by atoms with van der Waals surface area (Å²) < 4.78 is 0. The third-order valence-corrected chi connectivity index (χ3v) is 3.13. The number of nitrogens with one attached hydrogen (secondary N) is 2. The molecule has 1 aliphatic rings. The van der Waals surface area contributed by atoms with Crippen LogP contribution in [-0.4, -0.2) is 23.1 Å². The Morgan fingerprint density at radius 3 is 2.83 bits per heavy atom. The second-order valence-corrected chi connectivity index (χ2v) is 4.49. The minimum absolute atomic E-state index is 0.158. The van der Waals surface area contributed by atoms with E-state index in [1.54, 1.807) is 12.1 Å². The van der Waals surface area contributed by atoms with Crippen molar-refractivity contribution >= 4 is 17.7 Å². The molecule has 3 N–H and O–H groups in total. The molecule has 5 nitrogen and oxygen atoms in total. The Bertz CT molecular complexity index is 473. The number of anilines is 1. The normalized spacial score (nSPS) is 21.2. The van der Waals surface area contributed by atoms with Crippen LogP contribution in [0.15, 0.2) is 24.3 Å². The van der Waals surface area contributed by atoms with E-state index in [1.165, 1.54) is 12.1 Å². The summed E-state index contributed by atoms with van der Waals surface area (Å²) in [5, 5.41) is 14.3. The summed E-state index contributed by atoms with van der Waals surface area (Å²) in [6.45, 7) is 2.10. The van der Waals surface area contributed by atoms with Crippen molar-refractivity contribution in [1.82, 2.24) is 5.32 Å². The predicted molar refractivity (Wildman–Crippen MR) is 67.7 cm³/mol. The van der Waals surface area contributed by atoms with Gasteiger partial charge >= 0.3 is 12.0 Å². The molecule has 2 atom stereocenters. The summed E-state index contributed by atoms with van der Waals surface area (Å²) in [6.07, 6.45) is 2.10. The summed E-state index contributed by atoms with van der Waals surface area (Å²) in [5.41, 5.74) is 0.645. The van der Waals surface area contributed by atoms with Crippen LogP contribution in [0.1, 0.15) is 30.1 Å². The van der Waals surface area contributed by atoms with E-state index in [-0.39, 0.29) is 17.6 Å². The van der Waals surface area contributed by atoms with Crippen molar-refractivity contribution in [3.63, 3.8) is 0 Å². The van der Waals surface area contributed by atoms with Crippen molar-refractivity contribution < 1.29 is 14.7 Å².